The summed E-state index contributed by atoms with van der Waals surface area (Å²) in [6.45, 7) is 22.9. The summed E-state index contributed by atoms with van der Waals surface area (Å²) < 4.78 is 6.24. The fourth-order valence-corrected chi connectivity index (χ4v) is 12.2. The van der Waals surface area contributed by atoms with Crippen LogP contribution < -0.4 is 5.32 Å². The average molecular weight is 569 g/mol. The molecule has 5 fully saturated rings. The molecular formula is C36H60N2O3. The van der Waals surface area contributed by atoms with Crippen molar-refractivity contribution in [2.24, 2.45) is 56.7 Å². The van der Waals surface area contributed by atoms with Crippen molar-refractivity contribution in [2.75, 3.05) is 39.3 Å². The lowest BCUT2D eigenvalue weighted by molar-refractivity contribution is -0.207. The van der Waals surface area contributed by atoms with E-state index in [2.05, 4.69) is 64.8 Å². The third-order valence-corrected chi connectivity index (χ3v) is 15.2. The van der Waals surface area contributed by atoms with Crippen molar-refractivity contribution in [3.8, 4) is 0 Å². The van der Waals surface area contributed by atoms with Crippen LogP contribution in [0.1, 0.15) is 106 Å². The molecule has 2 N–H and O–H groups in total. The van der Waals surface area contributed by atoms with Gasteiger partial charge in [0.2, 0.25) is 0 Å². The first-order valence-corrected chi connectivity index (χ1v) is 17.3. The molecule has 10 atom stereocenters. The zero-order valence-electron chi connectivity index (χ0n) is 27.4. The van der Waals surface area contributed by atoms with Gasteiger partial charge in [0.25, 0.3) is 0 Å². The van der Waals surface area contributed by atoms with E-state index in [1.807, 2.05) is 0 Å². The predicted molar refractivity (Wildman–Crippen MR) is 165 cm³/mol. The van der Waals surface area contributed by atoms with E-state index in [4.69, 9.17) is 4.74 Å². The number of esters is 1. The van der Waals surface area contributed by atoms with E-state index in [-0.39, 0.29) is 39.1 Å². The molecule has 0 spiro atoms. The zero-order chi connectivity index (χ0) is 29.4. The molecule has 0 aromatic heterocycles. The van der Waals surface area contributed by atoms with Crippen LogP contribution in [0.25, 0.3) is 0 Å². The Bertz CT molecular complexity index is 1050. The molecule has 1 saturated heterocycles. The highest BCUT2D eigenvalue weighted by Gasteiger charge is 2.69. The van der Waals surface area contributed by atoms with E-state index in [0.29, 0.717) is 36.2 Å². The SMILES string of the molecule is C[C@H]1[C@H](C)CC[C@]2(C(=O)OCCN3CCNCC3)CC[C@]3(C)C(=CC[C@@H]4[C@@]5(C)CC[C@H](O)C(C)(C)[C@@H]5CC[C@]43C)[C@H]12. The summed E-state index contributed by atoms with van der Waals surface area (Å²) in [4.78, 5) is 16.7. The molecule has 4 saturated carbocycles. The van der Waals surface area contributed by atoms with Crippen LogP contribution in [0.4, 0.5) is 0 Å². The molecule has 1 aliphatic heterocycles. The first kappa shape index (κ1) is 30.1. The maximum atomic E-state index is 14.2. The molecule has 232 valence electrons. The normalized spacial score (nSPS) is 49.5. The summed E-state index contributed by atoms with van der Waals surface area (Å²) in [5.74, 6) is 2.71. The highest BCUT2D eigenvalue weighted by atomic mass is 16.5. The number of allylic oxidation sites excluding steroid dienone is 2. The van der Waals surface area contributed by atoms with Crippen molar-refractivity contribution in [2.45, 2.75) is 112 Å². The van der Waals surface area contributed by atoms with Gasteiger partial charge in [-0.15, -0.1) is 0 Å². The van der Waals surface area contributed by atoms with Gasteiger partial charge in [-0.05, 0) is 109 Å². The molecule has 0 aromatic rings. The Balaban J connectivity index is 1.31. The average Bonchev–Trinajstić information content (AvgIpc) is 2.94. The minimum atomic E-state index is -0.359. The Kier molecular flexibility index (Phi) is 7.59. The Morgan fingerprint density at radius 1 is 0.976 bits per heavy atom. The molecule has 0 unspecified atom stereocenters. The van der Waals surface area contributed by atoms with E-state index in [9.17, 15) is 9.90 Å². The molecule has 1 heterocycles. The Labute approximate surface area is 250 Å². The van der Waals surface area contributed by atoms with Crippen LogP contribution in [0.15, 0.2) is 11.6 Å². The predicted octanol–water partition coefficient (Wildman–Crippen LogP) is 6.45. The Hall–Kier alpha value is -0.910. The summed E-state index contributed by atoms with van der Waals surface area (Å²) in [6.07, 6.45) is 12.3. The first-order valence-electron chi connectivity index (χ1n) is 17.3. The van der Waals surface area contributed by atoms with E-state index >= 15 is 0 Å². The number of hydrogen-bond donors (Lipinski definition) is 2. The van der Waals surface area contributed by atoms with E-state index in [1.54, 1.807) is 5.57 Å². The van der Waals surface area contributed by atoms with E-state index in [0.717, 1.165) is 77.7 Å². The fourth-order valence-electron chi connectivity index (χ4n) is 12.2. The van der Waals surface area contributed by atoms with Gasteiger partial charge in [0.1, 0.15) is 6.61 Å². The first-order chi connectivity index (χ1) is 19.3. The summed E-state index contributed by atoms with van der Waals surface area (Å²) >= 11 is 0. The molecule has 5 aliphatic carbocycles. The van der Waals surface area contributed by atoms with Crippen molar-refractivity contribution in [1.82, 2.24) is 10.2 Å². The Morgan fingerprint density at radius 3 is 2.44 bits per heavy atom. The van der Waals surface area contributed by atoms with Gasteiger partial charge < -0.3 is 15.2 Å². The summed E-state index contributed by atoms with van der Waals surface area (Å²) in [5.41, 5.74) is 1.83. The zero-order valence-corrected chi connectivity index (χ0v) is 27.4. The lowest BCUT2D eigenvalue weighted by Crippen LogP contribution is -2.65. The number of aliphatic hydroxyl groups is 1. The molecular weight excluding hydrogens is 508 g/mol. The number of ether oxygens (including phenoxy) is 1. The van der Waals surface area contributed by atoms with Crippen LogP contribution in [0.5, 0.6) is 0 Å². The van der Waals surface area contributed by atoms with Gasteiger partial charge in [-0.25, -0.2) is 0 Å². The molecule has 6 rings (SSSR count). The van der Waals surface area contributed by atoms with Gasteiger partial charge in [-0.3, -0.25) is 9.69 Å². The maximum Gasteiger partial charge on any atom is 0.312 e. The minimum absolute atomic E-state index is 0.0251. The molecule has 0 radical (unpaired) electrons. The monoisotopic (exact) mass is 568 g/mol. The molecule has 0 aromatic carbocycles. The second-order valence-corrected chi connectivity index (χ2v) is 16.9. The number of carbonyl (C=O) groups is 1. The molecule has 0 bridgehead atoms. The van der Waals surface area contributed by atoms with Crippen LogP contribution >= 0.6 is 0 Å². The summed E-state index contributed by atoms with van der Waals surface area (Å²) in [5, 5.41) is 14.4. The van der Waals surface area contributed by atoms with E-state index in [1.165, 1.54) is 12.8 Å². The second-order valence-electron chi connectivity index (χ2n) is 16.9. The Morgan fingerprint density at radius 2 is 1.71 bits per heavy atom. The van der Waals surface area contributed by atoms with Crippen molar-refractivity contribution in [3.63, 3.8) is 0 Å². The number of fused-ring (bicyclic) bond motifs is 7. The number of carbonyl (C=O) groups excluding carboxylic acids is 1. The van der Waals surface area contributed by atoms with Crippen molar-refractivity contribution in [1.29, 1.82) is 0 Å². The van der Waals surface area contributed by atoms with Crippen LogP contribution in [-0.4, -0.2) is 61.4 Å². The number of nitrogens with one attached hydrogen (secondary N) is 1. The quantitative estimate of drug-likeness (QED) is 0.301. The van der Waals surface area contributed by atoms with Crippen molar-refractivity contribution >= 4 is 5.97 Å². The number of piperazine rings is 1. The van der Waals surface area contributed by atoms with Gasteiger partial charge in [-0.2, -0.15) is 0 Å². The lowest BCUT2D eigenvalue weighted by atomic mass is 9.33. The molecule has 41 heavy (non-hydrogen) atoms. The molecule has 5 nitrogen and oxygen atoms in total. The van der Waals surface area contributed by atoms with E-state index < -0.39 is 0 Å². The van der Waals surface area contributed by atoms with Crippen LogP contribution in [0.3, 0.4) is 0 Å². The third kappa shape index (κ3) is 4.28. The van der Waals surface area contributed by atoms with Crippen LogP contribution in [0, 0.1) is 56.7 Å². The summed E-state index contributed by atoms with van der Waals surface area (Å²) in [7, 11) is 0. The number of rotatable bonds is 4. The largest absolute Gasteiger partial charge is 0.464 e. The molecule has 5 heteroatoms. The van der Waals surface area contributed by atoms with Crippen molar-refractivity contribution in [3.05, 3.63) is 11.6 Å². The topological polar surface area (TPSA) is 61.8 Å². The number of nitrogens with zero attached hydrogens (tertiary/aromatic N) is 1. The third-order valence-electron chi connectivity index (χ3n) is 15.2. The highest BCUT2D eigenvalue weighted by Crippen LogP contribution is 2.75. The highest BCUT2D eigenvalue weighted by molar-refractivity contribution is 5.79. The van der Waals surface area contributed by atoms with Crippen LogP contribution in [0.2, 0.25) is 0 Å². The van der Waals surface area contributed by atoms with Gasteiger partial charge >= 0.3 is 5.97 Å². The standard InChI is InChI=1S/C36H60N2O3/c1-24-10-15-36(31(40)41-23-22-38-20-18-37-19-21-38)17-16-34(6)26(30(36)25(24)2)8-9-28-33(5)13-12-29(39)32(3,4)27(33)11-14-35(28,34)7/h8,24-25,27-30,37,39H,9-23H2,1-7H3/t24-,25+,27+,28-,29+,30+,33+,34-,35-,36+/m1/s1. The number of hydrogen-bond acceptors (Lipinski definition) is 5. The van der Waals surface area contributed by atoms with Gasteiger partial charge in [0.15, 0.2) is 0 Å². The minimum Gasteiger partial charge on any atom is -0.464 e. The van der Waals surface area contributed by atoms with Crippen molar-refractivity contribution < 1.29 is 14.6 Å². The van der Waals surface area contributed by atoms with Gasteiger partial charge in [-0.1, -0.05) is 60.1 Å². The fraction of sp³-hybridized carbons (Fsp3) is 0.917. The lowest BCUT2D eigenvalue weighted by Gasteiger charge is -2.71. The van der Waals surface area contributed by atoms with Crippen LogP contribution in [-0.2, 0) is 9.53 Å². The second kappa shape index (κ2) is 10.3. The molecule has 0 amide bonds. The summed E-state index contributed by atoms with van der Waals surface area (Å²) in [6, 6.07) is 0. The van der Waals surface area contributed by atoms with Gasteiger partial charge in [0.05, 0.1) is 11.5 Å². The van der Waals surface area contributed by atoms with Gasteiger partial charge in [0, 0.05) is 32.7 Å². The molecule has 6 aliphatic rings. The maximum absolute atomic E-state index is 14.2. The smallest absolute Gasteiger partial charge is 0.312 e. The number of aliphatic hydroxyl groups excluding tert-OH is 1.